The van der Waals surface area contributed by atoms with Crippen LogP contribution in [0.4, 0.5) is 0 Å². The van der Waals surface area contributed by atoms with E-state index in [1.165, 1.54) is 25.7 Å². The van der Waals surface area contributed by atoms with Crippen molar-refractivity contribution in [3.63, 3.8) is 0 Å². The molecule has 1 aliphatic carbocycles. The van der Waals surface area contributed by atoms with Gasteiger partial charge in [0.2, 0.25) is 0 Å². The number of amides is 1. The fraction of sp³-hybridized carbons (Fsp3) is 0.533. The molecule has 0 aliphatic heterocycles. The zero-order valence-electron chi connectivity index (χ0n) is 12.0. The number of pyridine rings is 1. The number of aromatic nitrogens is 3. The summed E-state index contributed by atoms with van der Waals surface area (Å²) in [6.07, 6.45) is 8.89. The monoisotopic (exact) mass is 288 g/mol. The molecule has 1 saturated carbocycles. The molecule has 3 rings (SSSR count). The molecule has 1 aliphatic rings. The molecule has 6 nitrogen and oxygen atoms in total. The van der Waals surface area contributed by atoms with Crippen molar-refractivity contribution in [1.29, 1.82) is 0 Å². The Morgan fingerprint density at radius 1 is 1.24 bits per heavy atom. The van der Waals surface area contributed by atoms with Crippen molar-refractivity contribution < 1.29 is 9.53 Å². The van der Waals surface area contributed by atoms with E-state index in [0.717, 1.165) is 12.8 Å². The summed E-state index contributed by atoms with van der Waals surface area (Å²) in [5.74, 6) is -0.0884. The van der Waals surface area contributed by atoms with Gasteiger partial charge in [-0.05, 0) is 25.0 Å². The van der Waals surface area contributed by atoms with Crippen LogP contribution in [0.5, 0.6) is 6.01 Å². The minimum absolute atomic E-state index is 0.0216. The van der Waals surface area contributed by atoms with Crippen LogP contribution in [-0.2, 0) is 4.79 Å². The van der Waals surface area contributed by atoms with Gasteiger partial charge in [-0.3, -0.25) is 9.20 Å². The molecular weight excluding hydrogens is 268 g/mol. The molecule has 0 radical (unpaired) electrons. The number of carbonyl (C=O) groups is 1. The normalized spacial score (nSPS) is 16.6. The molecule has 112 valence electrons. The van der Waals surface area contributed by atoms with Crippen LogP contribution in [0.1, 0.15) is 38.5 Å². The van der Waals surface area contributed by atoms with Crippen LogP contribution in [0.25, 0.3) is 5.65 Å². The zero-order chi connectivity index (χ0) is 14.5. The number of carbonyl (C=O) groups excluding carboxylic acids is 1. The Labute approximate surface area is 123 Å². The first-order chi connectivity index (χ1) is 10.3. The number of nitrogens with one attached hydrogen (secondary N) is 1. The first-order valence-corrected chi connectivity index (χ1v) is 7.55. The van der Waals surface area contributed by atoms with Gasteiger partial charge in [-0.1, -0.05) is 36.8 Å². The second kappa shape index (κ2) is 6.56. The van der Waals surface area contributed by atoms with Gasteiger partial charge < -0.3 is 10.1 Å². The Bertz CT molecular complexity index is 602. The summed E-state index contributed by atoms with van der Waals surface area (Å²) in [7, 11) is 0. The minimum Gasteiger partial charge on any atom is -0.453 e. The standard InChI is InChI=1S/C15H20N4O2/c20-14(16-12-7-3-1-2-4-8-12)11-21-15-18-17-13-9-5-6-10-19(13)15/h5-6,9-10,12H,1-4,7-8,11H2,(H,16,20). The molecule has 2 aromatic rings. The third kappa shape index (κ3) is 3.51. The number of hydrogen-bond donors (Lipinski definition) is 1. The molecule has 0 unspecified atom stereocenters. The lowest BCUT2D eigenvalue weighted by molar-refractivity contribution is -0.124. The van der Waals surface area contributed by atoms with Crippen LogP contribution in [0, 0.1) is 0 Å². The van der Waals surface area contributed by atoms with Crippen LogP contribution >= 0.6 is 0 Å². The van der Waals surface area contributed by atoms with Gasteiger partial charge >= 0.3 is 6.01 Å². The molecule has 0 bridgehead atoms. The molecule has 2 heterocycles. The number of fused-ring (bicyclic) bond motifs is 1. The first-order valence-electron chi connectivity index (χ1n) is 7.55. The van der Waals surface area contributed by atoms with E-state index in [9.17, 15) is 4.79 Å². The Hall–Kier alpha value is -2.11. The Kier molecular flexibility index (Phi) is 4.33. The van der Waals surface area contributed by atoms with Gasteiger partial charge in [-0.25, -0.2) is 0 Å². The Morgan fingerprint density at radius 3 is 2.86 bits per heavy atom. The molecule has 0 atom stereocenters. The van der Waals surface area contributed by atoms with Crippen molar-refractivity contribution in [1.82, 2.24) is 19.9 Å². The lowest BCUT2D eigenvalue weighted by atomic mass is 10.1. The van der Waals surface area contributed by atoms with Gasteiger partial charge in [0.05, 0.1) is 0 Å². The molecule has 21 heavy (non-hydrogen) atoms. The average molecular weight is 288 g/mol. The van der Waals surface area contributed by atoms with Crippen LogP contribution in [0.2, 0.25) is 0 Å². The van der Waals surface area contributed by atoms with Crippen molar-refractivity contribution in [2.45, 2.75) is 44.6 Å². The second-order valence-corrected chi connectivity index (χ2v) is 5.46. The van der Waals surface area contributed by atoms with Gasteiger partial charge in [0.25, 0.3) is 5.91 Å². The number of ether oxygens (including phenoxy) is 1. The van der Waals surface area contributed by atoms with E-state index in [0.29, 0.717) is 17.7 Å². The van der Waals surface area contributed by atoms with E-state index in [4.69, 9.17) is 4.74 Å². The first kappa shape index (κ1) is 13.9. The molecular formula is C15H20N4O2. The quantitative estimate of drug-likeness (QED) is 0.873. The van der Waals surface area contributed by atoms with Crippen LogP contribution in [0.15, 0.2) is 24.4 Å². The topological polar surface area (TPSA) is 68.5 Å². The summed E-state index contributed by atoms with van der Waals surface area (Å²) in [4.78, 5) is 12.0. The summed E-state index contributed by atoms with van der Waals surface area (Å²) in [6.45, 7) is -0.0216. The lowest BCUT2D eigenvalue weighted by Gasteiger charge is -2.15. The summed E-state index contributed by atoms with van der Waals surface area (Å²) in [5.41, 5.74) is 0.705. The van der Waals surface area contributed by atoms with E-state index in [1.54, 1.807) is 4.40 Å². The predicted octanol–water partition coefficient (Wildman–Crippen LogP) is 1.95. The molecule has 0 saturated heterocycles. The minimum atomic E-state index is -0.0884. The highest BCUT2D eigenvalue weighted by molar-refractivity contribution is 5.77. The van der Waals surface area contributed by atoms with Crippen molar-refractivity contribution in [3.8, 4) is 6.01 Å². The van der Waals surface area contributed by atoms with E-state index in [2.05, 4.69) is 15.5 Å². The number of nitrogens with zero attached hydrogens (tertiary/aromatic N) is 3. The lowest BCUT2D eigenvalue weighted by Crippen LogP contribution is -2.37. The highest BCUT2D eigenvalue weighted by Gasteiger charge is 2.15. The molecule has 2 aromatic heterocycles. The SMILES string of the molecule is O=C(COc1nnc2ccccn12)NC1CCCCCC1. The van der Waals surface area contributed by atoms with Crippen LogP contribution < -0.4 is 10.1 Å². The highest BCUT2D eigenvalue weighted by atomic mass is 16.5. The fourth-order valence-corrected chi connectivity index (χ4v) is 2.74. The Morgan fingerprint density at radius 2 is 2.05 bits per heavy atom. The Balaban J connectivity index is 1.53. The third-order valence-corrected chi connectivity index (χ3v) is 3.84. The van der Waals surface area contributed by atoms with Crippen LogP contribution in [0.3, 0.4) is 0 Å². The highest BCUT2D eigenvalue weighted by Crippen LogP contribution is 2.17. The van der Waals surface area contributed by atoms with Crippen molar-refractivity contribution in [2.24, 2.45) is 0 Å². The molecule has 1 amide bonds. The van der Waals surface area contributed by atoms with Crippen molar-refractivity contribution in [3.05, 3.63) is 24.4 Å². The largest absolute Gasteiger partial charge is 0.453 e. The molecule has 1 N–H and O–H groups in total. The van der Waals surface area contributed by atoms with E-state index in [-0.39, 0.29) is 12.5 Å². The third-order valence-electron chi connectivity index (χ3n) is 3.84. The summed E-state index contributed by atoms with van der Waals surface area (Å²) in [5, 5.41) is 11.0. The fourth-order valence-electron chi connectivity index (χ4n) is 2.74. The average Bonchev–Trinajstić information content (AvgIpc) is 2.74. The molecule has 0 spiro atoms. The zero-order valence-corrected chi connectivity index (χ0v) is 12.0. The maximum atomic E-state index is 12.0. The molecule has 6 heteroatoms. The molecule has 0 aromatic carbocycles. The maximum Gasteiger partial charge on any atom is 0.322 e. The van der Waals surface area contributed by atoms with Gasteiger partial charge in [0, 0.05) is 12.2 Å². The van der Waals surface area contributed by atoms with E-state index < -0.39 is 0 Å². The van der Waals surface area contributed by atoms with Gasteiger partial charge in [0.15, 0.2) is 12.3 Å². The summed E-state index contributed by atoms with van der Waals surface area (Å²) < 4.78 is 7.19. The number of hydrogen-bond acceptors (Lipinski definition) is 4. The van der Waals surface area contributed by atoms with Crippen molar-refractivity contribution in [2.75, 3.05) is 6.61 Å². The predicted molar refractivity (Wildman–Crippen MR) is 78.1 cm³/mol. The smallest absolute Gasteiger partial charge is 0.322 e. The van der Waals surface area contributed by atoms with Gasteiger partial charge in [0.1, 0.15) is 0 Å². The summed E-state index contributed by atoms with van der Waals surface area (Å²) >= 11 is 0. The molecule has 1 fully saturated rings. The maximum absolute atomic E-state index is 12.0. The van der Waals surface area contributed by atoms with Gasteiger partial charge in [-0.15, -0.1) is 5.10 Å². The second-order valence-electron chi connectivity index (χ2n) is 5.46. The van der Waals surface area contributed by atoms with Crippen LogP contribution in [-0.4, -0.2) is 33.2 Å². The van der Waals surface area contributed by atoms with Crippen molar-refractivity contribution >= 4 is 11.6 Å². The summed E-state index contributed by atoms with van der Waals surface area (Å²) in [6, 6.07) is 6.23. The number of rotatable bonds is 4. The van der Waals surface area contributed by atoms with E-state index in [1.807, 2.05) is 24.4 Å². The van der Waals surface area contributed by atoms with Gasteiger partial charge in [-0.2, -0.15) is 0 Å². The van der Waals surface area contributed by atoms with E-state index >= 15 is 0 Å².